The van der Waals surface area contributed by atoms with Crippen molar-refractivity contribution in [2.45, 2.75) is 12.5 Å². The molecule has 1 aliphatic heterocycles. The second kappa shape index (κ2) is 3.74. The van der Waals surface area contributed by atoms with Gasteiger partial charge in [-0.1, -0.05) is 6.08 Å². The van der Waals surface area contributed by atoms with Gasteiger partial charge < -0.3 is 9.64 Å². The SMILES string of the molecule is C=CCN(C)CCC1CO1. The maximum atomic E-state index is 5.08. The van der Waals surface area contributed by atoms with Crippen molar-refractivity contribution in [2.75, 3.05) is 26.7 Å². The van der Waals surface area contributed by atoms with Gasteiger partial charge >= 0.3 is 0 Å². The highest BCUT2D eigenvalue weighted by Gasteiger charge is 2.21. The first-order valence-corrected chi connectivity index (χ1v) is 3.74. The predicted molar refractivity (Wildman–Crippen MR) is 42.1 cm³/mol. The molecule has 1 unspecified atom stereocenters. The standard InChI is InChI=1S/C8H15NO/c1-3-5-9(2)6-4-8-7-10-8/h3,8H,1,4-7H2,2H3. The van der Waals surface area contributed by atoms with Gasteiger partial charge in [0.25, 0.3) is 0 Å². The fraction of sp³-hybridized carbons (Fsp3) is 0.750. The minimum Gasteiger partial charge on any atom is -0.373 e. The highest BCUT2D eigenvalue weighted by molar-refractivity contribution is 4.74. The first-order valence-electron chi connectivity index (χ1n) is 3.74. The van der Waals surface area contributed by atoms with E-state index in [-0.39, 0.29) is 0 Å². The van der Waals surface area contributed by atoms with Gasteiger partial charge in [-0.05, 0) is 13.5 Å². The molecule has 0 radical (unpaired) electrons. The molecule has 0 saturated carbocycles. The van der Waals surface area contributed by atoms with Gasteiger partial charge in [-0.3, -0.25) is 0 Å². The second-order valence-corrected chi connectivity index (χ2v) is 2.79. The largest absolute Gasteiger partial charge is 0.373 e. The molecule has 0 N–H and O–H groups in total. The Morgan fingerprint density at radius 2 is 2.50 bits per heavy atom. The van der Waals surface area contributed by atoms with Crippen molar-refractivity contribution in [3.05, 3.63) is 12.7 Å². The summed E-state index contributed by atoms with van der Waals surface area (Å²) in [5.74, 6) is 0. The molecular formula is C8H15NO. The van der Waals surface area contributed by atoms with Gasteiger partial charge in [0.05, 0.1) is 12.7 Å². The third-order valence-corrected chi connectivity index (χ3v) is 1.68. The fourth-order valence-electron chi connectivity index (χ4n) is 0.911. The number of hydrogen-bond acceptors (Lipinski definition) is 2. The van der Waals surface area contributed by atoms with Gasteiger partial charge in [-0.2, -0.15) is 0 Å². The number of likely N-dealkylation sites (N-methyl/N-ethyl adjacent to an activating group) is 1. The molecule has 1 atom stereocenters. The molecule has 0 spiro atoms. The van der Waals surface area contributed by atoms with E-state index in [0.29, 0.717) is 6.10 Å². The van der Waals surface area contributed by atoms with Crippen LogP contribution in [0.15, 0.2) is 12.7 Å². The van der Waals surface area contributed by atoms with Crippen LogP contribution < -0.4 is 0 Å². The Bertz CT molecular complexity index is 110. The van der Waals surface area contributed by atoms with Crippen LogP contribution in [0.2, 0.25) is 0 Å². The van der Waals surface area contributed by atoms with Gasteiger partial charge in [0.15, 0.2) is 0 Å². The Morgan fingerprint density at radius 3 is 3.00 bits per heavy atom. The third kappa shape index (κ3) is 2.99. The van der Waals surface area contributed by atoms with E-state index in [9.17, 15) is 0 Å². The van der Waals surface area contributed by atoms with Crippen LogP contribution in [0.5, 0.6) is 0 Å². The molecule has 1 fully saturated rings. The summed E-state index contributed by atoms with van der Waals surface area (Å²) in [6.07, 6.45) is 3.66. The van der Waals surface area contributed by atoms with E-state index >= 15 is 0 Å². The molecule has 0 aliphatic carbocycles. The van der Waals surface area contributed by atoms with Crippen molar-refractivity contribution in [3.63, 3.8) is 0 Å². The van der Waals surface area contributed by atoms with Gasteiger partial charge in [0.2, 0.25) is 0 Å². The van der Waals surface area contributed by atoms with E-state index in [1.165, 1.54) is 6.42 Å². The monoisotopic (exact) mass is 141 g/mol. The Labute approximate surface area is 62.5 Å². The zero-order valence-corrected chi connectivity index (χ0v) is 6.55. The van der Waals surface area contributed by atoms with E-state index in [0.717, 1.165) is 19.7 Å². The quantitative estimate of drug-likeness (QED) is 0.417. The number of nitrogens with zero attached hydrogens (tertiary/aromatic N) is 1. The van der Waals surface area contributed by atoms with Crippen molar-refractivity contribution in [2.24, 2.45) is 0 Å². The highest BCUT2D eigenvalue weighted by Crippen LogP contribution is 2.12. The summed E-state index contributed by atoms with van der Waals surface area (Å²) in [7, 11) is 2.10. The van der Waals surface area contributed by atoms with Crippen molar-refractivity contribution in [1.82, 2.24) is 4.90 Å². The van der Waals surface area contributed by atoms with Crippen LogP contribution >= 0.6 is 0 Å². The summed E-state index contributed by atoms with van der Waals surface area (Å²) in [4.78, 5) is 2.24. The topological polar surface area (TPSA) is 15.8 Å². The minimum absolute atomic E-state index is 0.562. The molecule has 0 bridgehead atoms. The van der Waals surface area contributed by atoms with Gasteiger partial charge in [-0.15, -0.1) is 6.58 Å². The molecule has 1 saturated heterocycles. The van der Waals surface area contributed by atoms with Crippen LogP contribution in [-0.2, 0) is 4.74 Å². The predicted octanol–water partition coefficient (Wildman–Crippen LogP) is 0.893. The zero-order valence-electron chi connectivity index (χ0n) is 6.55. The number of hydrogen-bond donors (Lipinski definition) is 0. The molecule has 1 aliphatic rings. The summed E-state index contributed by atoms with van der Waals surface area (Å²) in [5, 5.41) is 0. The van der Waals surface area contributed by atoms with Crippen LogP contribution in [0.3, 0.4) is 0 Å². The fourth-order valence-corrected chi connectivity index (χ4v) is 0.911. The molecule has 1 rings (SSSR count). The summed E-state index contributed by atoms with van der Waals surface area (Å²) >= 11 is 0. The normalized spacial score (nSPS) is 23.2. The number of rotatable bonds is 5. The van der Waals surface area contributed by atoms with Crippen molar-refractivity contribution in [3.8, 4) is 0 Å². The Kier molecular flexibility index (Phi) is 2.90. The van der Waals surface area contributed by atoms with E-state index in [2.05, 4.69) is 18.5 Å². The minimum atomic E-state index is 0.562. The maximum Gasteiger partial charge on any atom is 0.0822 e. The first-order chi connectivity index (χ1) is 4.83. The lowest BCUT2D eigenvalue weighted by atomic mass is 10.3. The van der Waals surface area contributed by atoms with Crippen LogP contribution in [0.1, 0.15) is 6.42 Å². The van der Waals surface area contributed by atoms with Crippen molar-refractivity contribution < 1.29 is 4.74 Å². The third-order valence-electron chi connectivity index (χ3n) is 1.68. The zero-order chi connectivity index (χ0) is 7.40. The number of epoxide rings is 1. The average molecular weight is 141 g/mol. The molecule has 2 nitrogen and oxygen atoms in total. The molecule has 0 aromatic carbocycles. The smallest absolute Gasteiger partial charge is 0.0822 e. The molecule has 1 heterocycles. The maximum absolute atomic E-state index is 5.08. The molecule has 0 aromatic heterocycles. The molecule has 0 amide bonds. The second-order valence-electron chi connectivity index (χ2n) is 2.79. The van der Waals surface area contributed by atoms with Crippen LogP contribution in [0.4, 0.5) is 0 Å². The number of ether oxygens (including phenoxy) is 1. The van der Waals surface area contributed by atoms with Crippen LogP contribution in [0, 0.1) is 0 Å². The molecular weight excluding hydrogens is 126 g/mol. The van der Waals surface area contributed by atoms with Gasteiger partial charge in [-0.25, -0.2) is 0 Å². The Morgan fingerprint density at radius 1 is 1.80 bits per heavy atom. The van der Waals surface area contributed by atoms with E-state index in [4.69, 9.17) is 4.74 Å². The molecule has 0 aromatic rings. The lowest BCUT2D eigenvalue weighted by molar-refractivity contribution is 0.323. The summed E-state index contributed by atoms with van der Waals surface area (Å²) < 4.78 is 5.08. The van der Waals surface area contributed by atoms with Crippen LogP contribution in [0.25, 0.3) is 0 Å². The van der Waals surface area contributed by atoms with E-state index in [1.807, 2.05) is 6.08 Å². The molecule has 10 heavy (non-hydrogen) atoms. The van der Waals surface area contributed by atoms with Crippen LogP contribution in [-0.4, -0.2) is 37.7 Å². The Hall–Kier alpha value is -0.340. The van der Waals surface area contributed by atoms with Gasteiger partial charge in [0, 0.05) is 13.1 Å². The van der Waals surface area contributed by atoms with Gasteiger partial charge in [0.1, 0.15) is 0 Å². The lowest BCUT2D eigenvalue weighted by Crippen LogP contribution is -2.20. The lowest BCUT2D eigenvalue weighted by Gasteiger charge is -2.12. The Balaban J connectivity index is 1.93. The molecule has 2 heteroatoms. The van der Waals surface area contributed by atoms with E-state index in [1.54, 1.807) is 0 Å². The molecule has 58 valence electrons. The van der Waals surface area contributed by atoms with Crippen molar-refractivity contribution in [1.29, 1.82) is 0 Å². The summed E-state index contributed by atoms with van der Waals surface area (Å²) in [6.45, 7) is 6.75. The van der Waals surface area contributed by atoms with E-state index < -0.39 is 0 Å². The summed E-state index contributed by atoms with van der Waals surface area (Å²) in [5.41, 5.74) is 0. The summed E-state index contributed by atoms with van der Waals surface area (Å²) in [6, 6.07) is 0. The highest BCUT2D eigenvalue weighted by atomic mass is 16.6. The first kappa shape index (κ1) is 7.76. The van der Waals surface area contributed by atoms with Crippen molar-refractivity contribution >= 4 is 0 Å². The average Bonchev–Trinajstić information content (AvgIpc) is 2.67.